The Morgan fingerprint density at radius 3 is 2.43 bits per heavy atom. The zero-order valence-electron chi connectivity index (χ0n) is 6.56. The van der Waals surface area contributed by atoms with Crippen molar-refractivity contribution in [1.82, 2.24) is 4.98 Å². The molecule has 0 saturated heterocycles. The molecule has 0 radical (unpaired) electrons. The van der Waals surface area contributed by atoms with Crippen LogP contribution in [-0.2, 0) is 10.1 Å². The third-order valence-corrected chi connectivity index (χ3v) is 2.56. The van der Waals surface area contributed by atoms with Gasteiger partial charge in [-0.25, -0.2) is 0 Å². The molecule has 6 heteroatoms. The SMILES string of the molecule is O=S(=O)(O)c1cc2ccccc2[nH]1.[NaH]. The molecular formula is C8H8NNaO3S. The van der Waals surface area contributed by atoms with Crippen LogP contribution >= 0.6 is 0 Å². The Labute approximate surface area is 103 Å². The Morgan fingerprint density at radius 1 is 1.21 bits per heavy atom. The van der Waals surface area contributed by atoms with Gasteiger partial charge in [0.1, 0.15) is 0 Å². The van der Waals surface area contributed by atoms with Crippen LogP contribution in [-0.4, -0.2) is 47.5 Å². The van der Waals surface area contributed by atoms with E-state index >= 15 is 0 Å². The number of hydrogen-bond acceptors (Lipinski definition) is 2. The van der Waals surface area contributed by atoms with Crippen molar-refractivity contribution in [2.45, 2.75) is 5.03 Å². The van der Waals surface area contributed by atoms with E-state index in [1.165, 1.54) is 6.07 Å². The van der Waals surface area contributed by atoms with Crippen LogP contribution in [0.2, 0.25) is 0 Å². The molecule has 0 amide bonds. The number of aromatic amines is 1. The summed E-state index contributed by atoms with van der Waals surface area (Å²) in [5.41, 5.74) is 0.690. The molecule has 0 unspecified atom stereocenters. The van der Waals surface area contributed by atoms with Crippen molar-refractivity contribution in [3.8, 4) is 0 Å². The fraction of sp³-hybridized carbons (Fsp3) is 0. The zero-order valence-corrected chi connectivity index (χ0v) is 7.38. The van der Waals surface area contributed by atoms with E-state index in [0.717, 1.165) is 5.39 Å². The fourth-order valence-corrected chi connectivity index (χ4v) is 1.70. The molecule has 14 heavy (non-hydrogen) atoms. The molecule has 70 valence electrons. The second kappa shape index (κ2) is 4.04. The van der Waals surface area contributed by atoms with E-state index in [-0.39, 0.29) is 34.6 Å². The summed E-state index contributed by atoms with van der Waals surface area (Å²) in [6.07, 6.45) is 0. The van der Waals surface area contributed by atoms with Gasteiger partial charge in [0.15, 0.2) is 5.03 Å². The van der Waals surface area contributed by atoms with Gasteiger partial charge in [-0.15, -0.1) is 0 Å². The molecule has 0 saturated carbocycles. The second-order valence-electron chi connectivity index (χ2n) is 2.70. The summed E-state index contributed by atoms with van der Waals surface area (Å²) in [6.45, 7) is 0. The Hall–Kier alpha value is -0.330. The molecule has 2 aromatic rings. The summed E-state index contributed by atoms with van der Waals surface area (Å²) in [5.74, 6) is 0. The fourth-order valence-electron chi connectivity index (χ4n) is 1.19. The van der Waals surface area contributed by atoms with Crippen LogP contribution in [0.4, 0.5) is 0 Å². The number of para-hydroxylation sites is 1. The third-order valence-electron chi connectivity index (χ3n) is 1.78. The number of H-pyrrole nitrogens is 1. The molecule has 2 rings (SSSR count). The zero-order chi connectivity index (χ0) is 9.47. The normalized spacial score (nSPS) is 11.2. The molecule has 0 fully saturated rings. The second-order valence-corrected chi connectivity index (χ2v) is 4.09. The molecule has 0 spiro atoms. The number of aromatic nitrogens is 1. The van der Waals surface area contributed by atoms with Crippen molar-refractivity contribution in [2.24, 2.45) is 0 Å². The Bertz CT molecular complexity index is 513. The van der Waals surface area contributed by atoms with E-state index in [4.69, 9.17) is 4.55 Å². The Balaban J connectivity index is 0.000000980. The molecule has 1 heterocycles. The van der Waals surface area contributed by atoms with Crippen molar-refractivity contribution < 1.29 is 13.0 Å². The molecule has 0 aliphatic carbocycles. The summed E-state index contributed by atoms with van der Waals surface area (Å²) in [4.78, 5) is 2.60. The van der Waals surface area contributed by atoms with Crippen LogP contribution < -0.4 is 0 Å². The van der Waals surface area contributed by atoms with Crippen molar-refractivity contribution in [3.63, 3.8) is 0 Å². The van der Waals surface area contributed by atoms with Crippen LogP contribution in [0.5, 0.6) is 0 Å². The summed E-state index contributed by atoms with van der Waals surface area (Å²) < 4.78 is 30.2. The van der Waals surface area contributed by atoms with Crippen LogP contribution in [0, 0.1) is 0 Å². The van der Waals surface area contributed by atoms with Crippen LogP contribution in [0.1, 0.15) is 0 Å². The molecule has 4 nitrogen and oxygen atoms in total. The molecular weight excluding hydrogens is 213 g/mol. The van der Waals surface area contributed by atoms with Gasteiger partial charge in [0.25, 0.3) is 0 Å². The first-order valence-corrected chi connectivity index (χ1v) is 5.06. The first-order chi connectivity index (χ1) is 6.07. The number of nitrogens with one attached hydrogen (secondary N) is 1. The summed E-state index contributed by atoms with van der Waals surface area (Å²) in [6, 6.07) is 8.48. The van der Waals surface area contributed by atoms with Gasteiger partial charge in [-0.1, -0.05) is 18.2 Å². The van der Waals surface area contributed by atoms with Crippen molar-refractivity contribution in [2.75, 3.05) is 0 Å². The third kappa shape index (κ3) is 2.18. The maximum absolute atomic E-state index is 10.7. The summed E-state index contributed by atoms with van der Waals surface area (Å²) in [7, 11) is -4.12. The summed E-state index contributed by atoms with van der Waals surface area (Å²) >= 11 is 0. The van der Waals surface area contributed by atoms with Crippen molar-refractivity contribution in [3.05, 3.63) is 30.3 Å². The maximum atomic E-state index is 10.7. The van der Waals surface area contributed by atoms with Gasteiger partial charge in [-0.3, -0.25) is 4.55 Å². The molecule has 2 N–H and O–H groups in total. The predicted molar refractivity (Wildman–Crippen MR) is 55.3 cm³/mol. The van der Waals surface area contributed by atoms with Gasteiger partial charge < -0.3 is 4.98 Å². The van der Waals surface area contributed by atoms with Gasteiger partial charge in [0.2, 0.25) is 0 Å². The average molecular weight is 221 g/mol. The van der Waals surface area contributed by atoms with E-state index in [1.807, 2.05) is 0 Å². The molecule has 0 aliphatic rings. The first-order valence-electron chi connectivity index (χ1n) is 3.62. The molecule has 1 aromatic carbocycles. The van der Waals surface area contributed by atoms with Crippen molar-refractivity contribution in [1.29, 1.82) is 0 Å². The van der Waals surface area contributed by atoms with Gasteiger partial charge in [0.05, 0.1) is 0 Å². The van der Waals surface area contributed by atoms with Gasteiger partial charge in [-0.2, -0.15) is 8.42 Å². The van der Waals surface area contributed by atoms with E-state index in [9.17, 15) is 8.42 Å². The standard InChI is InChI=1S/C8H7NO3S.Na.H/c10-13(11,12)8-5-6-3-1-2-4-7(6)9-8;;/h1-5,9H,(H,10,11,12);;. The quantitative estimate of drug-likeness (QED) is 0.552. The van der Waals surface area contributed by atoms with E-state index in [0.29, 0.717) is 5.52 Å². The number of benzene rings is 1. The minimum absolute atomic E-state index is 0. The predicted octanol–water partition coefficient (Wildman–Crippen LogP) is 0.766. The van der Waals surface area contributed by atoms with Crippen molar-refractivity contribution >= 4 is 50.6 Å². The number of hydrogen-bond donors (Lipinski definition) is 2. The van der Waals surface area contributed by atoms with Crippen LogP contribution in [0.3, 0.4) is 0 Å². The number of fused-ring (bicyclic) bond motifs is 1. The van der Waals surface area contributed by atoms with Crippen LogP contribution in [0.15, 0.2) is 35.4 Å². The van der Waals surface area contributed by atoms with Crippen LogP contribution in [0.25, 0.3) is 10.9 Å². The van der Waals surface area contributed by atoms with E-state index in [2.05, 4.69) is 4.98 Å². The Morgan fingerprint density at radius 2 is 1.86 bits per heavy atom. The molecule has 0 aliphatic heterocycles. The first kappa shape index (κ1) is 11.7. The van der Waals surface area contributed by atoms with Gasteiger partial charge in [-0.05, 0) is 12.1 Å². The van der Waals surface area contributed by atoms with Gasteiger partial charge in [0, 0.05) is 10.9 Å². The molecule has 1 aromatic heterocycles. The topological polar surface area (TPSA) is 70.2 Å². The van der Waals surface area contributed by atoms with Gasteiger partial charge >= 0.3 is 39.7 Å². The van der Waals surface area contributed by atoms with E-state index in [1.54, 1.807) is 24.3 Å². The minimum atomic E-state index is -4.12. The number of rotatable bonds is 1. The summed E-state index contributed by atoms with van der Waals surface area (Å²) in [5, 5.41) is 0.587. The monoisotopic (exact) mass is 221 g/mol. The average Bonchev–Trinajstić information content (AvgIpc) is 2.45. The Kier molecular flexibility index (Phi) is 3.39. The molecule has 0 bridgehead atoms. The van der Waals surface area contributed by atoms with E-state index < -0.39 is 10.1 Å². The molecule has 0 atom stereocenters.